The molecule has 1 aliphatic carbocycles. The van der Waals surface area contributed by atoms with Gasteiger partial charge < -0.3 is 5.32 Å². The SMILES string of the molecule is O=S(=O)(NCc1ccsc1)c1cc(CNC2CC2)sc1Br. The van der Waals surface area contributed by atoms with Crippen LogP contribution in [-0.4, -0.2) is 14.5 Å². The van der Waals surface area contributed by atoms with Crippen LogP contribution in [0.5, 0.6) is 0 Å². The molecule has 0 aromatic carbocycles. The number of hydrogen-bond donors (Lipinski definition) is 2. The Kier molecular flexibility index (Phi) is 4.82. The van der Waals surface area contributed by atoms with Crippen molar-refractivity contribution in [1.82, 2.24) is 10.0 Å². The summed E-state index contributed by atoms with van der Waals surface area (Å²) in [5, 5.41) is 7.27. The summed E-state index contributed by atoms with van der Waals surface area (Å²) in [6, 6.07) is 4.28. The number of hydrogen-bond acceptors (Lipinski definition) is 5. The van der Waals surface area contributed by atoms with Gasteiger partial charge in [0, 0.05) is 24.0 Å². The van der Waals surface area contributed by atoms with E-state index in [0.717, 1.165) is 17.0 Å². The van der Waals surface area contributed by atoms with Gasteiger partial charge in [-0.1, -0.05) is 0 Å². The van der Waals surface area contributed by atoms with Crippen LogP contribution in [-0.2, 0) is 23.1 Å². The van der Waals surface area contributed by atoms with E-state index in [9.17, 15) is 8.42 Å². The minimum absolute atomic E-state index is 0.323. The van der Waals surface area contributed by atoms with Crippen LogP contribution >= 0.6 is 38.6 Å². The standard InChI is InChI=1S/C13H15BrN2O2S3/c14-13-12(5-11(20-13)7-15-10-1-2-10)21(17,18)16-6-9-3-4-19-8-9/h3-5,8,10,15-16H,1-2,6-7H2. The Balaban J connectivity index is 1.68. The van der Waals surface area contributed by atoms with Gasteiger partial charge in [0.25, 0.3) is 0 Å². The van der Waals surface area contributed by atoms with E-state index in [1.54, 1.807) is 17.4 Å². The molecule has 2 N–H and O–H groups in total. The lowest BCUT2D eigenvalue weighted by atomic mass is 10.4. The first-order chi connectivity index (χ1) is 10.0. The molecule has 1 aliphatic rings. The second-order valence-electron chi connectivity index (χ2n) is 4.96. The highest BCUT2D eigenvalue weighted by molar-refractivity contribution is 9.11. The molecule has 0 amide bonds. The number of halogens is 1. The number of nitrogens with one attached hydrogen (secondary N) is 2. The van der Waals surface area contributed by atoms with Gasteiger partial charge in [0.15, 0.2) is 0 Å². The molecule has 0 atom stereocenters. The van der Waals surface area contributed by atoms with E-state index in [4.69, 9.17) is 0 Å². The maximum Gasteiger partial charge on any atom is 0.242 e. The van der Waals surface area contributed by atoms with Crippen molar-refractivity contribution < 1.29 is 8.42 Å². The predicted molar refractivity (Wildman–Crippen MR) is 90.2 cm³/mol. The molecular formula is C13H15BrN2O2S3. The predicted octanol–water partition coefficient (Wildman–Crippen LogP) is 3.30. The number of rotatable bonds is 7. The molecule has 4 nitrogen and oxygen atoms in total. The van der Waals surface area contributed by atoms with Crippen LogP contribution in [0.4, 0.5) is 0 Å². The molecule has 0 bridgehead atoms. The summed E-state index contributed by atoms with van der Waals surface area (Å²) in [6.07, 6.45) is 2.44. The molecule has 0 spiro atoms. The van der Waals surface area contributed by atoms with Crippen LogP contribution in [0, 0.1) is 0 Å². The van der Waals surface area contributed by atoms with Gasteiger partial charge in [-0.15, -0.1) is 11.3 Å². The molecule has 3 rings (SSSR count). The zero-order chi connectivity index (χ0) is 14.9. The Bertz CT molecular complexity index is 706. The lowest BCUT2D eigenvalue weighted by molar-refractivity contribution is 0.581. The second-order valence-corrected chi connectivity index (χ2v) is 9.93. The van der Waals surface area contributed by atoms with Gasteiger partial charge in [-0.3, -0.25) is 0 Å². The first kappa shape index (κ1) is 15.6. The molecule has 0 saturated heterocycles. The normalized spacial score (nSPS) is 15.5. The number of thiophene rings is 2. The van der Waals surface area contributed by atoms with Crippen molar-refractivity contribution in [3.63, 3.8) is 0 Å². The van der Waals surface area contributed by atoms with Gasteiger partial charge in [0.2, 0.25) is 10.0 Å². The third-order valence-corrected chi connectivity index (χ3v) is 7.57. The zero-order valence-electron chi connectivity index (χ0n) is 11.1. The Labute approximate surface area is 140 Å². The summed E-state index contributed by atoms with van der Waals surface area (Å²) in [7, 11) is -3.48. The molecule has 0 unspecified atom stereocenters. The van der Waals surface area contributed by atoms with E-state index in [-0.39, 0.29) is 0 Å². The van der Waals surface area contributed by atoms with E-state index in [1.807, 2.05) is 16.8 Å². The average Bonchev–Trinajstić information content (AvgIpc) is 2.97. The van der Waals surface area contributed by atoms with Gasteiger partial charge in [0.05, 0.1) is 3.79 Å². The van der Waals surface area contributed by atoms with Crippen molar-refractivity contribution in [1.29, 1.82) is 0 Å². The van der Waals surface area contributed by atoms with Crippen LogP contribution in [0.3, 0.4) is 0 Å². The molecule has 2 aromatic heterocycles. The van der Waals surface area contributed by atoms with Crippen LogP contribution in [0.25, 0.3) is 0 Å². The maximum absolute atomic E-state index is 12.4. The minimum Gasteiger partial charge on any atom is -0.309 e. The summed E-state index contributed by atoms with van der Waals surface area (Å²) < 4.78 is 28.0. The first-order valence-corrected chi connectivity index (χ1v) is 10.6. The van der Waals surface area contributed by atoms with Crippen molar-refractivity contribution in [2.24, 2.45) is 0 Å². The molecular weight excluding hydrogens is 392 g/mol. The second kappa shape index (κ2) is 6.47. The Morgan fingerprint density at radius 2 is 2.14 bits per heavy atom. The van der Waals surface area contributed by atoms with Gasteiger partial charge >= 0.3 is 0 Å². The maximum atomic E-state index is 12.4. The average molecular weight is 407 g/mol. The fourth-order valence-corrected chi connectivity index (χ4v) is 6.17. The van der Waals surface area contributed by atoms with Crippen molar-refractivity contribution in [2.45, 2.75) is 36.9 Å². The van der Waals surface area contributed by atoms with E-state index >= 15 is 0 Å². The summed E-state index contributed by atoms with van der Waals surface area (Å²) in [4.78, 5) is 1.36. The van der Waals surface area contributed by atoms with Gasteiger partial charge in [-0.2, -0.15) is 11.3 Å². The highest BCUT2D eigenvalue weighted by Gasteiger charge is 2.23. The Hall–Kier alpha value is -0.250. The van der Waals surface area contributed by atoms with Gasteiger partial charge in [-0.25, -0.2) is 13.1 Å². The van der Waals surface area contributed by atoms with Crippen LogP contribution in [0.2, 0.25) is 0 Å². The minimum atomic E-state index is -3.48. The van der Waals surface area contributed by atoms with Gasteiger partial charge in [0.1, 0.15) is 4.90 Å². The molecule has 114 valence electrons. The monoisotopic (exact) mass is 406 g/mol. The molecule has 2 heterocycles. The first-order valence-electron chi connectivity index (χ1n) is 6.57. The van der Waals surface area contributed by atoms with E-state index in [2.05, 4.69) is 26.0 Å². The van der Waals surface area contributed by atoms with Crippen LogP contribution < -0.4 is 10.0 Å². The fourth-order valence-electron chi connectivity index (χ4n) is 1.85. The molecule has 21 heavy (non-hydrogen) atoms. The van der Waals surface area contributed by atoms with E-state index in [0.29, 0.717) is 21.3 Å². The highest BCUT2D eigenvalue weighted by atomic mass is 79.9. The summed E-state index contributed by atoms with van der Waals surface area (Å²) in [5.74, 6) is 0. The quantitative estimate of drug-likeness (QED) is 0.741. The molecule has 0 radical (unpaired) electrons. The lowest BCUT2D eigenvalue weighted by Crippen LogP contribution is -2.22. The van der Waals surface area contributed by atoms with Crippen LogP contribution in [0.1, 0.15) is 23.3 Å². The van der Waals surface area contributed by atoms with Gasteiger partial charge in [-0.05, 0) is 57.2 Å². The third-order valence-electron chi connectivity index (χ3n) is 3.18. The number of sulfonamides is 1. The zero-order valence-corrected chi connectivity index (χ0v) is 15.2. The van der Waals surface area contributed by atoms with Crippen molar-refractivity contribution in [3.8, 4) is 0 Å². The topological polar surface area (TPSA) is 58.2 Å². The van der Waals surface area contributed by atoms with E-state index < -0.39 is 10.0 Å². The molecule has 0 aliphatic heterocycles. The molecule has 2 aromatic rings. The highest BCUT2D eigenvalue weighted by Crippen LogP contribution is 2.32. The van der Waals surface area contributed by atoms with E-state index in [1.165, 1.54) is 24.2 Å². The molecule has 8 heteroatoms. The van der Waals surface area contributed by atoms with Crippen molar-refractivity contribution >= 4 is 48.6 Å². The summed E-state index contributed by atoms with van der Waals surface area (Å²) in [6.45, 7) is 1.05. The van der Waals surface area contributed by atoms with Crippen molar-refractivity contribution in [2.75, 3.05) is 0 Å². The lowest BCUT2D eigenvalue weighted by Gasteiger charge is -2.04. The summed E-state index contributed by atoms with van der Waals surface area (Å²) >= 11 is 6.40. The largest absolute Gasteiger partial charge is 0.309 e. The van der Waals surface area contributed by atoms with Crippen LogP contribution in [0.15, 0.2) is 31.6 Å². The fraction of sp³-hybridized carbons (Fsp3) is 0.385. The van der Waals surface area contributed by atoms with Crippen molar-refractivity contribution in [3.05, 3.63) is 37.1 Å². The molecule has 1 saturated carbocycles. The smallest absolute Gasteiger partial charge is 0.242 e. The Morgan fingerprint density at radius 1 is 1.33 bits per heavy atom. The summed E-state index contributed by atoms with van der Waals surface area (Å²) in [5.41, 5.74) is 0.977. The Morgan fingerprint density at radius 3 is 2.81 bits per heavy atom. The molecule has 1 fully saturated rings. The third kappa shape index (κ3) is 4.14.